The van der Waals surface area contributed by atoms with E-state index in [0.29, 0.717) is 12.1 Å². The van der Waals surface area contributed by atoms with Gasteiger partial charge in [-0.15, -0.1) is 0 Å². The SMILES string of the molecule is CN(C)C(C)(C)CNC(=O)c1cccc(N2C(=O)CCS2(=O)=O)c1. The first-order valence-electron chi connectivity index (χ1n) is 7.66. The molecule has 7 nitrogen and oxygen atoms in total. The van der Waals surface area contributed by atoms with Crippen LogP contribution in [0.15, 0.2) is 24.3 Å². The lowest BCUT2D eigenvalue weighted by Crippen LogP contribution is -2.48. The van der Waals surface area contributed by atoms with Crippen LogP contribution in [-0.2, 0) is 14.8 Å². The first kappa shape index (κ1) is 18.4. The van der Waals surface area contributed by atoms with Crippen molar-refractivity contribution in [2.24, 2.45) is 0 Å². The van der Waals surface area contributed by atoms with Gasteiger partial charge in [-0.25, -0.2) is 12.7 Å². The van der Waals surface area contributed by atoms with Crippen molar-refractivity contribution in [1.29, 1.82) is 0 Å². The van der Waals surface area contributed by atoms with Crippen molar-refractivity contribution in [3.8, 4) is 0 Å². The number of nitrogens with one attached hydrogen (secondary N) is 1. The number of rotatable bonds is 5. The van der Waals surface area contributed by atoms with E-state index in [1.807, 2.05) is 32.8 Å². The summed E-state index contributed by atoms with van der Waals surface area (Å²) in [6.07, 6.45) is -0.0320. The molecule has 8 heteroatoms. The number of nitrogens with zero attached hydrogens (tertiary/aromatic N) is 2. The lowest BCUT2D eigenvalue weighted by atomic mass is 10.0. The molecule has 1 saturated heterocycles. The normalized spacial score (nSPS) is 17.4. The third-order valence-electron chi connectivity index (χ3n) is 4.31. The van der Waals surface area contributed by atoms with Gasteiger partial charge in [0, 0.05) is 24.1 Å². The summed E-state index contributed by atoms with van der Waals surface area (Å²) >= 11 is 0. The Morgan fingerprint density at radius 2 is 2.00 bits per heavy atom. The van der Waals surface area contributed by atoms with E-state index in [2.05, 4.69) is 5.32 Å². The standard InChI is InChI=1S/C16H23N3O4S/c1-16(2,18(3)4)11-17-15(21)12-6-5-7-13(10-12)19-14(20)8-9-24(19,22)23/h5-7,10H,8-9,11H2,1-4H3,(H,17,21). The smallest absolute Gasteiger partial charge is 0.251 e. The van der Waals surface area contributed by atoms with E-state index >= 15 is 0 Å². The van der Waals surface area contributed by atoms with Crippen LogP contribution in [0.25, 0.3) is 0 Å². The highest BCUT2D eigenvalue weighted by Gasteiger charge is 2.36. The Hall–Kier alpha value is -1.93. The summed E-state index contributed by atoms with van der Waals surface area (Å²) in [4.78, 5) is 26.2. The summed E-state index contributed by atoms with van der Waals surface area (Å²) in [6.45, 7) is 4.43. The van der Waals surface area contributed by atoms with E-state index in [1.165, 1.54) is 12.1 Å². The molecule has 1 N–H and O–H groups in total. The summed E-state index contributed by atoms with van der Waals surface area (Å²) < 4.78 is 24.8. The number of likely N-dealkylation sites (N-methyl/N-ethyl adjacent to an activating group) is 1. The van der Waals surface area contributed by atoms with Crippen LogP contribution in [-0.4, -0.2) is 57.1 Å². The summed E-state index contributed by atoms with van der Waals surface area (Å²) in [7, 11) is 0.221. The van der Waals surface area contributed by atoms with Crippen molar-refractivity contribution in [2.45, 2.75) is 25.8 Å². The first-order valence-corrected chi connectivity index (χ1v) is 9.27. The van der Waals surface area contributed by atoms with Crippen molar-refractivity contribution >= 4 is 27.5 Å². The molecule has 1 heterocycles. The molecule has 1 aromatic carbocycles. The van der Waals surface area contributed by atoms with Gasteiger partial charge in [0.2, 0.25) is 15.9 Å². The highest BCUT2D eigenvalue weighted by atomic mass is 32.2. The highest BCUT2D eigenvalue weighted by Crippen LogP contribution is 2.25. The molecule has 24 heavy (non-hydrogen) atoms. The number of benzene rings is 1. The van der Waals surface area contributed by atoms with E-state index in [4.69, 9.17) is 0 Å². The molecule has 132 valence electrons. The molecule has 2 amide bonds. The third kappa shape index (κ3) is 3.76. The second-order valence-corrected chi connectivity index (χ2v) is 8.60. The maximum atomic E-state index is 12.3. The molecule has 1 fully saturated rings. The van der Waals surface area contributed by atoms with Crippen molar-refractivity contribution in [2.75, 3.05) is 30.7 Å². The fraction of sp³-hybridized carbons (Fsp3) is 0.500. The number of hydrogen-bond donors (Lipinski definition) is 1. The van der Waals surface area contributed by atoms with Gasteiger partial charge in [-0.3, -0.25) is 9.59 Å². The minimum atomic E-state index is -3.63. The van der Waals surface area contributed by atoms with Crippen LogP contribution in [0.3, 0.4) is 0 Å². The summed E-state index contributed by atoms with van der Waals surface area (Å²) in [5, 5.41) is 2.84. The third-order valence-corrected chi connectivity index (χ3v) is 6.00. The zero-order chi connectivity index (χ0) is 18.1. The van der Waals surface area contributed by atoms with E-state index in [9.17, 15) is 18.0 Å². The summed E-state index contributed by atoms with van der Waals surface area (Å²) in [5.74, 6) is -0.976. The van der Waals surface area contributed by atoms with Crippen LogP contribution in [0.1, 0.15) is 30.6 Å². The van der Waals surface area contributed by atoms with Crippen molar-refractivity contribution in [3.05, 3.63) is 29.8 Å². The second-order valence-electron chi connectivity index (χ2n) is 6.66. The monoisotopic (exact) mass is 353 g/mol. The molecule has 0 radical (unpaired) electrons. The molecule has 0 saturated carbocycles. The van der Waals surface area contributed by atoms with Crippen LogP contribution in [0, 0.1) is 0 Å². The van der Waals surface area contributed by atoms with Crippen LogP contribution >= 0.6 is 0 Å². The zero-order valence-electron chi connectivity index (χ0n) is 14.4. The summed E-state index contributed by atoms with van der Waals surface area (Å²) in [5.41, 5.74) is 0.301. The fourth-order valence-electron chi connectivity index (χ4n) is 2.20. The van der Waals surface area contributed by atoms with Crippen LogP contribution in [0.5, 0.6) is 0 Å². The van der Waals surface area contributed by atoms with E-state index < -0.39 is 15.9 Å². The van der Waals surface area contributed by atoms with Crippen LogP contribution < -0.4 is 9.62 Å². The molecular weight excluding hydrogens is 330 g/mol. The van der Waals surface area contributed by atoms with Gasteiger partial charge in [0.15, 0.2) is 0 Å². The predicted molar refractivity (Wildman–Crippen MR) is 92.4 cm³/mol. The second kappa shape index (κ2) is 6.52. The van der Waals surface area contributed by atoms with Crippen LogP contribution in [0.4, 0.5) is 5.69 Å². The molecule has 1 aliphatic heterocycles. The molecule has 1 aliphatic rings. The Labute approximate surface area is 142 Å². The Kier molecular flexibility index (Phi) is 5.00. The molecule has 2 rings (SSSR count). The van der Waals surface area contributed by atoms with Crippen molar-refractivity contribution in [3.63, 3.8) is 0 Å². The van der Waals surface area contributed by atoms with Gasteiger partial charge in [0.1, 0.15) is 0 Å². The maximum Gasteiger partial charge on any atom is 0.251 e. The zero-order valence-corrected chi connectivity index (χ0v) is 15.2. The predicted octanol–water partition coefficient (Wildman–Crippen LogP) is 0.823. The van der Waals surface area contributed by atoms with Gasteiger partial charge >= 0.3 is 0 Å². The maximum absolute atomic E-state index is 12.3. The molecule has 0 atom stereocenters. The molecular formula is C16H23N3O4S. The molecule has 0 unspecified atom stereocenters. The topological polar surface area (TPSA) is 86.8 Å². The van der Waals surface area contributed by atoms with Gasteiger partial charge in [0.25, 0.3) is 5.91 Å². The largest absolute Gasteiger partial charge is 0.350 e. The number of carbonyl (C=O) groups is 2. The molecule has 0 aliphatic carbocycles. The lowest BCUT2D eigenvalue weighted by Gasteiger charge is -2.32. The molecule has 0 aromatic heterocycles. The first-order chi connectivity index (χ1) is 11.0. The van der Waals surface area contributed by atoms with Crippen molar-refractivity contribution in [1.82, 2.24) is 10.2 Å². The van der Waals surface area contributed by atoms with E-state index in [1.54, 1.807) is 12.1 Å². The molecule has 0 spiro atoms. The minimum absolute atomic E-state index is 0.0320. The Morgan fingerprint density at radius 3 is 2.54 bits per heavy atom. The highest BCUT2D eigenvalue weighted by molar-refractivity contribution is 7.94. The number of sulfonamides is 1. The van der Waals surface area contributed by atoms with Crippen molar-refractivity contribution < 1.29 is 18.0 Å². The Balaban J connectivity index is 2.19. The van der Waals surface area contributed by atoms with Gasteiger partial charge in [-0.05, 0) is 46.1 Å². The molecule has 1 aromatic rings. The molecule has 0 bridgehead atoms. The van der Waals surface area contributed by atoms with Crippen LogP contribution in [0.2, 0.25) is 0 Å². The van der Waals surface area contributed by atoms with Gasteiger partial charge in [-0.1, -0.05) is 6.07 Å². The Morgan fingerprint density at radius 1 is 1.33 bits per heavy atom. The summed E-state index contributed by atoms with van der Waals surface area (Å²) in [6, 6.07) is 6.11. The quantitative estimate of drug-likeness (QED) is 0.847. The minimum Gasteiger partial charge on any atom is -0.350 e. The number of carbonyl (C=O) groups excluding carboxylic acids is 2. The van der Waals surface area contributed by atoms with E-state index in [0.717, 1.165) is 4.31 Å². The average Bonchev–Trinajstić information content (AvgIpc) is 2.78. The van der Waals surface area contributed by atoms with Gasteiger partial charge in [-0.2, -0.15) is 0 Å². The fourth-order valence-corrected chi connectivity index (χ4v) is 3.65. The number of amides is 2. The van der Waals surface area contributed by atoms with Gasteiger partial charge < -0.3 is 10.2 Å². The number of anilines is 1. The lowest BCUT2D eigenvalue weighted by molar-refractivity contribution is -0.116. The van der Waals surface area contributed by atoms with Gasteiger partial charge in [0.05, 0.1) is 11.4 Å². The number of hydrogen-bond acceptors (Lipinski definition) is 5. The average molecular weight is 353 g/mol. The Bertz CT molecular complexity index is 756. The van der Waals surface area contributed by atoms with E-state index in [-0.39, 0.29) is 29.3 Å².